The van der Waals surface area contributed by atoms with Crippen molar-refractivity contribution in [3.8, 4) is 11.3 Å². The van der Waals surface area contributed by atoms with Gasteiger partial charge in [-0.2, -0.15) is 0 Å². The van der Waals surface area contributed by atoms with Gasteiger partial charge in [0.1, 0.15) is 0 Å². The van der Waals surface area contributed by atoms with Crippen LogP contribution >= 0.6 is 11.3 Å². The minimum absolute atomic E-state index is 0.530. The second-order valence-electron chi connectivity index (χ2n) is 4.94. The first-order valence-electron chi connectivity index (χ1n) is 6.82. The van der Waals surface area contributed by atoms with E-state index in [1.165, 1.54) is 0 Å². The van der Waals surface area contributed by atoms with Gasteiger partial charge in [-0.1, -0.05) is 30.3 Å². The Morgan fingerprint density at radius 3 is 2.76 bits per heavy atom. The number of hydrogen-bond acceptors (Lipinski definition) is 4. The molecular formula is C17H16N2OS. The molecule has 2 heterocycles. The quantitative estimate of drug-likeness (QED) is 0.796. The fourth-order valence-electron chi connectivity index (χ4n) is 2.28. The van der Waals surface area contributed by atoms with Gasteiger partial charge in [-0.15, -0.1) is 11.3 Å². The van der Waals surface area contributed by atoms with Crippen molar-refractivity contribution in [2.45, 2.75) is 19.4 Å². The first kappa shape index (κ1) is 13.9. The van der Waals surface area contributed by atoms with Crippen LogP contribution in [-0.4, -0.2) is 15.1 Å². The van der Waals surface area contributed by atoms with E-state index in [0.717, 1.165) is 27.4 Å². The largest absolute Gasteiger partial charge is 0.388 e. The number of rotatable bonds is 4. The molecule has 0 aliphatic carbocycles. The van der Waals surface area contributed by atoms with Gasteiger partial charge >= 0.3 is 0 Å². The highest BCUT2D eigenvalue weighted by atomic mass is 32.1. The smallest absolute Gasteiger partial charge is 0.0961 e. The summed E-state index contributed by atoms with van der Waals surface area (Å²) in [6.45, 7) is 1.96. The van der Waals surface area contributed by atoms with Crippen molar-refractivity contribution < 1.29 is 5.11 Å². The molecule has 0 saturated carbocycles. The predicted molar refractivity (Wildman–Crippen MR) is 85.2 cm³/mol. The molecule has 3 rings (SSSR count). The zero-order valence-electron chi connectivity index (χ0n) is 11.7. The number of benzene rings is 1. The third-order valence-electron chi connectivity index (χ3n) is 3.41. The summed E-state index contributed by atoms with van der Waals surface area (Å²) in [5.74, 6) is 0. The first-order valence-corrected chi connectivity index (χ1v) is 7.70. The highest BCUT2D eigenvalue weighted by Gasteiger charge is 2.14. The molecule has 21 heavy (non-hydrogen) atoms. The minimum atomic E-state index is -0.539. The van der Waals surface area contributed by atoms with E-state index in [9.17, 15) is 5.11 Å². The number of nitrogens with zero attached hydrogens (tertiary/aromatic N) is 2. The van der Waals surface area contributed by atoms with Gasteiger partial charge in [0.2, 0.25) is 0 Å². The molecule has 106 valence electrons. The van der Waals surface area contributed by atoms with Crippen LogP contribution in [0.3, 0.4) is 0 Å². The number of pyridine rings is 1. The van der Waals surface area contributed by atoms with Gasteiger partial charge in [-0.3, -0.25) is 4.98 Å². The highest BCUT2D eigenvalue weighted by molar-refractivity contribution is 7.09. The summed E-state index contributed by atoms with van der Waals surface area (Å²) in [5.41, 5.74) is 4.00. The minimum Gasteiger partial charge on any atom is -0.388 e. The van der Waals surface area contributed by atoms with Crippen LogP contribution in [0.5, 0.6) is 0 Å². The third kappa shape index (κ3) is 3.17. The average molecular weight is 296 g/mol. The van der Waals surface area contributed by atoms with E-state index in [0.29, 0.717) is 6.42 Å². The number of aryl methyl sites for hydroxylation is 1. The van der Waals surface area contributed by atoms with Gasteiger partial charge in [0.15, 0.2) is 0 Å². The van der Waals surface area contributed by atoms with E-state index < -0.39 is 6.10 Å². The monoisotopic (exact) mass is 296 g/mol. The van der Waals surface area contributed by atoms with Crippen molar-refractivity contribution in [1.29, 1.82) is 0 Å². The molecule has 4 heteroatoms. The van der Waals surface area contributed by atoms with Crippen LogP contribution in [0, 0.1) is 6.92 Å². The molecule has 0 radical (unpaired) electrons. The number of aliphatic hydroxyl groups is 1. The summed E-state index contributed by atoms with van der Waals surface area (Å²) in [4.78, 5) is 8.67. The highest BCUT2D eigenvalue weighted by Crippen LogP contribution is 2.26. The van der Waals surface area contributed by atoms with E-state index in [4.69, 9.17) is 0 Å². The molecule has 2 aromatic heterocycles. The van der Waals surface area contributed by atoms with Gasteiger partial charge in [0, 0.05) is 29.8 Å². The van der Waals surface area contributed by atoms with E-state index in [2.05, 4.69) is 9.97 Å². The molecule has 1 N–H and O–H groups in total. The molecule has 0 fully saturated rings. The Morgan fingerprint density at radius 2 is 2.00 bits per heavy atom. The zero-order chi connectivity index (χ0) is 14.7. The van der Waals surface area contributed by atoms with E-state index in [1.54, 1.807) is 23.7 Å². The summed E-state index contributed by atoms with van der Waals surface area (Å²) in [6, 6.07) is 12.0. The molecule has 1 unspecified atom stereocenters. The van der Waals surface area contributed by atoms with Gasteiger partial charge in [-0.05, 0) is 24.1 Å². The summed E-state index contributed by atoms with van der Waals surface area (Å²) >= 11 is 1.59. The number of thiazole rings is 1. The lowest BCUT2D eigenvalue weighted by Gasteiger charge is -2.11. The van der Waals surface area contributed by atoms with Crippen LogP contribution in [0.25, 0.3) is 11.3 Å². The Bertz CT molecular complexity index is 724. The summed E-state index contributed by atoms with van der Waals surface area (Å²) in [7, 11) is 0. The molecule has 0 amide bonds. The molecule has 3 nitrogen and oxygen atoms in total. The predicted octanol–water partition coefficient (Wildman–Crippen LogP) is 3.79. The lowest BCUT2D eigenvalue weighted by molar-refractivity contribution is 0.177. The lowest BCUT2D eigenvalue weighted by Crippen LogP contribution is -2.04. The number of aromatic nitrogens is 2. The molecule has 1 atom stereocenters. The zero-order valence-corrected chi connectivity index (χ0v) is 12.5. The standard InChI is InChI=1S/C17H16N2OS/c1-12-10-18-8-7-14(12)16(20)9-17-19-15(11-21-17)13-5-3-2-4-6-13/h2-8,10-11,16,20H,9H2,1H3. The van der Waals surface area contributed by atoms with Crippen molar-refractivity contribution in [3.05, 3.63) is 70.3 Å². The second kappa shape index (κ2) is 6.16. The van der Waals surface area contributed by atoms with Crippen LogP contribution in [0.2, 0.25) is 0 Å². The molecular weight excluding hydrogens is 280 g/mol. The fourth-order valence-corrected chi connectivity index (χ4v) is 3.12. The SMILES string of the molecule is Cc1cnccc1C(O)Cc1nc(-c2ccccc2)cs1. The van der Waals surface area contributed by atoms with E-state index >= 15 is 0 Å². The third-order valence-corrected chi connectivity index (χ3v) is 4.28. The summed E-state index contributed by atoms with van der Waals surface area (Å²) < 4.78 is 0. The van der Waals surface area contributed by atoms with Crippen molar-refractivity contribution in [1.82, 2.24) is 9.97 Å². The Balaban J connectivity index is 1.77. The average Bonchev–Trinajstić information content (AvgIpc) is 2.97. The normalized spacial score (nSPS) is 12.3. The Labute approximate surface area is 128 Å². The van der Waals surface area contributed by atoms with Gasteiger partial charge < -0.3 is 5.11 Å². The van der Waals surface area contributed by atoms with E-state index in [1.807, 2.05) is 48.7 Å². The van der Waals surface area contributed by atoms with Crippen molar-refractivity contribution >= 4 is 11.3 Å². The molecule has 0 saturated heterocycles. The molecule has 3 aromatic rings. The Morgan fingerprint density at radius 1 is 1.19 bits per heavy atom. The van der Waals surface area contributed by atoms with Crippen molar-refractivity contribution in [3.63, 3.8) is 0 Å². The molecule has 1 aromatic carbocycles. The topological polar surface area (TPSA) is 46.0 Å². The van der Waals surface area contributed by atoms with Crippen LogP contribution in [0.4, 0.5) is 0 Å². The maximum Gasteiger partial charge on any atom is 0.0961 e. The molecule has 0 bridgehead atoms. The van der Waals surface area contributed by atoms with Crippen molar-refractivity contribution in [2.24, 2.45) is 0 Å². The number of aliphatic hydroxyl groups excluding tert-OH is 1. The maximum absolute atomic E-state index is 10.4. The Kier molecular flexibility index (Phi) is 4.08. The molecule has 0 aliphatic rings. The fraction of sp³-hybridized carbons (Fsp3) is 0.176. The van der Waals surface area contributed by atoms with Gasteiger partial charge in [-0.25, -0.2) is 4.98 Å². The lowest BCUT2D eigenvalue weighted by atomic mass is 10.0. The maximum atomic E-state index is 10.4. The van der Waals surface area contributed by atoms with Crippen LogP contribution in [0.1, 0.15) is 22.2 Å². The first-order chi connectivity index (χ1) is 10.2. The Hall–Kier alpha value is -2.04. The van der Waals surface area contributed by atoms with Crippen LogP contribution in [0.15, 0.2) is 54.2 Å². The summed E-state index contributed by atoms with van der Waals surface area (Å²) in [6.07, 6.45) is 3.48. The van der Waals surface area contributed by atoms with E-state index in [-0.39, 0.29) is 0 Å². The van der Waals surface area contributed by atoms with Gasteiger partial charge in [0.05, 0.1) is 16.8 Å². The van der Waals surface area contributed by atoms with Crippen LogP contribution in [-0.2, 0) is 6.42 Å². The van der Waals surface area contributed by atoms with Crippen LogP contribution < -0.4 is 0 Å². The summed E-state index contributed by atoms with van der Waals surface area (Å²) in [5, 5.41) is 13.4. The molecule has 0 spiro atoms. The van der Waals surface area contributed by atoms with Gasteiger partial charge in [0.25, 0.3) is 0 Å². The molecule has 0 aliphatic heterocycles. The van der Waals surface area contributed by atoms with Crippen molar-refractivity contribution in [2.75, 3.05) is 0 Å². The second-order valence-corrected chi connectivity index (χ2v) is 5.89. The number of hydrogen-bond donors (Lipinski definition) is 1.